The molecule has 0 N–H and O–H groups in total. The highest BCUT2D eigenvalue weighted by molar-refractivity contribution is 9.10. The first-order valence-corrected chi connectivity index (χ1v) is 7.49. The van der Waals surface area contributed by atoms with E-state index in [0.717, 1.165) is 21.3 Å². The summed E-state index contributed by atoms with van der Waals surface area (Å²) < 4.78 is 6.69. The lowest BCUT2D eigenvalue weighted by Gasteiger charge is -2.18. The molecular formula is C17H18BrNO2. The SMILES string of the molecule is Cc1cc(OCC(=O)N(C)c2ccccc2)cc(C)c1Br. The van der Waals surface area contributed by atoms with Gasteiger partial charge in [-0.15, -0.1) is 0 Å². The first-order chi connectivity index (χ1) is 9.99. The number of anilines is 1. The normalized spacial score (nSPS) is 10.3. The molecule has 2 aromatic carbocycles. The number of halogens is 1. The Labute approximate surface area is 133 Å². The zero-order valence-electron chi connectivity index (χ0n) is 12.4. The van der Waals surface area contributed by atoms with E-state index in [0.29, 0.717) is 5.75 Å². The van der Waals surface area contributed by atoms with Crippen molar-refractivity contribution in [2.75, 3.05) is 18.6 Å². The Hall–Kier alpha value is -1.81. The van der Waals surface area contributed by atoms with E-state index in [1.807, 2.05) is 56.3 Å². The van der Waals surface area contributed by atoms with Gasteiger partial charge in [0, 0.05) is 17.2 Å². The predicted octanol–water partition coefficient (Wildman–Crippen LogP) is 4.11. The summed E-state index contributed by atoms with van der Waals surface area (Å²) in [5.41, 5.74) is 3.04. The lowest BCUT2D eigenvalue weighted by molar-refractivity contribution is -0.120. The topological polar surface area (TPSA) is 29.5 Å². The second kappa shape index (κ2) is 6.76. The lowest BCUT2D eigenvalue weighted by atomic mass is 10.1. The van der Waals surface area contributed by atoms with Crippen LogP contribution < -0.4 is 9.64 Å². The summed E-state index contributed by atoms with van der Waals surface area (Å²) in [7, 11) is 1.75. The second-order valence-corrected chi connectivity index (χ2v) is 5.74. The van der Waals surface area contributed by atoms with Crippen LogP contribution >= 0.6 is 15.9 Å². The van der Waals surface area contributed by atoms with E-state index in [4.69, 9.17) is 4.74 Å². The summed E-state index contributed by atoms with van der Waals surface area (Å²) in [4.78, 5) is 13.7. The van der Waals surface area contributed by atoms with E-state index in [2.05, 4.69) is 15.9 Å². The summed E-state index contributed by atoms with van der Waals surface area (Å²) in [5.74, 6) is 0.627. The third-order valence-electron chi connectivity index (χ3n) is 3.29. The number of aryl methyl sites for hydroxylation is 2. The van der Waals surface area contributed by atoms with E-state index in [1.54, 1.807) is 11.9 Å². The molecule has 0 aromatic heterocycles. The predicted molar refractivity (Wildman–Crippen MR) is 89.0 cm³/mol. The van der Waals surface area contributed by atoms with Gasteiger partial charge in [0.15, 0.2) is 6.61 Å². The van der Waals surface area contributed by atoms with Gasteiger partial charge in [-0.05, 0) is 49.2 Å². The fourth-order valence-corrected chi connectivity index (χ4v) is 2.26. The molecule has 1 amide bonds. The molecule has 0 spiro atoms. The summed E-state index contributed by atoms with van der Waals surface area (Å²) in [6.07, 6.45) is 0. The monoisotopic (exact) mass is 347 g/mol. The molecule has 0 saturated heterocycles. The second-order valence-electron chi connectivity index (χ2n) is 4.95. The van der Waals surface area contributed by atoms with Crippen molar-refractivity contribution < 1.29 is 9.53 Å². The Balaban J connectivity index is 2.01. The number of nitrogens with zero attached hydrogens (tertiary/aromatic N) is 1. The van der Waals surface area contributed by atoms with Crippen LogP contribution in [0.1, 0.15) is 11.1 Å². The zero-order valence-corrected chi connectivity index (χ0v) is 14.0. The minimum atomic E-state index is -0.0839. The van der Waals surface area contributed by atoms with Crippen molar-refractivity contribution in [2.45, 2.75) is 13.8 Å². The maximum atomic E-state index is 12.1. The molecule has 0 bridgehead atoms. The Morgan fingerprint density at radius 3 is 2.29 bits per heavy atom. The Bertz CT molecular complexity index is 617. The van der Waals surface area contributed by atoms with Gasteiger partial charge in [-0.2, -0.15) is 0 Å². The average Bonchev–Trinajstić information content (AvgIpc) is 2.50. The minimum absolute atomic E-state index is 0.0197. The smallest absolute Gasteiger partial charge is 0.264 e. The molecule has 0 radical (unpaired) electrons. The highest BCUT2D eigenvalue weighted by atomic mass is 79.9. The molecule has 2 aromatic rings. The fraction of sp³-hybridized carbons (Fsp3) is 0.235. The van der Waals surface area contributed by atoms with Gasteiger partial charge >= 0.3 is 0 Å². The van der Waals surface area contributed by atoms with Gasteiger partial charge in [-0.1, -0.05) is 34.1 Å². The van der Waals surface area contributed by atoms with Crippen LogP contribution in [0.15, 0.2) is 46.9 Å². The lowest BCUT2D eigenvalue weighted by Crippen LogP contribution is -2.31. The van der Waals surface area contributed by atoms with Crippen molar-refractivity contribution in [3.63, 3.8) is 0 Å². The van der Waals surface area contributed by atoms with Crippen LogP contribution in [0.5, 0.6) is 5.75 Å². The third kappa shape index (κ3) is 3.85. The van der Waals surface area contributed by atoms with E-state index in [-0.39, 0.29) is 12.5 Å². The largest absolute Gasteiger partial charge is 0.484 e. The molecule has 0 atom stereocenters. The quantitative estimate of drug-likeness (QED) is 0.832. The molecule has 0 aliphatic heterocycles. The summed E-state index contributed by atoms with van der Waals surface area (Å²) in [6, 6.07) is 13.4. The first kappa shape index (κ1) is 15.6. The molecule has 3 nitrogen and oxygen atoms in total. The minimum Gasteiger partial charge on any atom is -0.484 e. The number of hydrogen-bond donors (Lipinski definition) is 0. The number of ether oxygens (including phenoxy) is 1. The van der Waals surface area contributed by atoms with Gasteiger partial charge in [0.25, 0.3) is 5.91 Å². The van der Waals surface area contributed by atoms with Gasteiger partial charge < -0.3 is 9.64 Å². The Morgan fingerprint density at radius 1 is 1.14 bits per heavy atom. The standard InChI is InChI=1S/C17H18BrNO2/c1-12-9-15(10-13(2)17(12)18)21-11-16(20)19(3)14-7-5-4-6-8-14/h4-10H,11H2,1-3H3. The number of carbonyl (C=O) groups excluding carboxylic acids is 1. The van der Waals surface area contributed by atoms with Crippen molar-refractivity contribution in [1.82, 2.24) is 0 Å². The fourth-order valence-electron chi connectivity index (χ4n) is 2.03. The van der Waals surface area contributed by atoms with E-state index >= 15 is 0 Å². The first-order valence-electron chi connectivity index (χ1n) is 6.70. The van der Waals surface area contributed by atoms with Crippen molar-refractivity contribution in [2.24, 2.45) is 0 Å². The maximum Gasteiger partial charge on any atom is 0.264 e. The van der Waals surface area contributed by atoms with Crippen LogP contribution in [-0.4, -0.2) is 19.6 Å². The highest BCUT2D eigenvalue weighted by Crippen LogP contribution is 2.26. The zero-order chi connectivity index (χ0) is 15.4. The molecule has 0 heterocycles. The number of amides is 1. The number of benzene rings is 2. The van der Waals surface area contributed by atoms with Crippen LogP contribution in [0, 0.1) is 13.8 Å². The van der Waals surface area contributed by atoms with Gasteiger partial charge in [0.2, 0.25) is 0 Å². The van der Waals surface area contributed by atoms with Gasteiger partial charge in [-0.25, -0.2) is 0 Å². The molecule has 110 valence electrons. The Morgan fingerprint density at radius 2 is 1.71 bits per heavy atom. The molecule has 21 heavy (non-hydrogen) atoms. The number of hydrogen-bond acceptors (Lipinski definition) is 2. The molecule has 2 rings (SSSR count). The van der Waals surface area contributed by atoms with Crippen LogP contribution in [0.4, 0.5) is 5.69 Å². The summed E-state index contributed by atoms with van der Waals surface area (Å²) in [5, 5.41) is 0. The van der Waals surface area contributed by atoms with E-state index < -0.39 is 0 Å². The van der Waals surface area contributed by atoms with Gasteiger partial charge in [0.05, 0.1) is 0 Å². The molecule has 0 unspecified atom stereocenters. The molecule has 0 aliphatic rings. The van der Waals surface area contributed by atoms with Crippen molar-refractivity contribution in [1.29, 1.82) is 0 Å². The summed E-state index contributed by atoms with van der Waals surface area (Å²) in [6.45, 7) is 4.02. The molecule has 4 heteroatoms. The Kier molecular flexibility index (Phi) is 5.02. The third-order valence-corrected chi connectivity index (χ3v) is 4.54. The molecular weight excluding hydrogens is 330 g/mol. The number of likely N-dealkylation sites (N-methyl/N-ethyl adjacent to an activating group) is 1. The highest BCUT2D eigenvalue weighted by Gasteiger charge is 2.12. The number of para-hydroxylation sites is 1. The van der Waals surface area contributed by atoms with Crippen molar-refractivity contribution >= 4 is 27.5 Å². The number of rotatable bonds is 4. The molecule has 0 aliphatic carbocycles. The van der Waals surface area contributed by atoms with Crippen LogP contribution in [0.2, 0.25) is 0 Å². The number of carbonyl (C=O) groups is 1. The average molecular weight is 348 g/mol. The van der Waals surface area contributed by atoms with Gasteiger partial charge in [0.1, 0.15) is 5.75 Å². The van der Waals surface area contributed by atoms with Crippen LogP contribution in [-0.2, 0) is 4.79 Å². The van der Waals surface area contributed by atoms with Gasteiger partial charge in [-0.3, -0.25) is 4.79 Å². The molecule has 0 fully saturated rings. The van der Waals surface area contributed by atoms with Crippen molar-refractivity contribution in [3.05, 3.63) is 58.1 Å². The molecule has 0 saturated carbocycles. The van der Waals surface area contributed by atoms with Crippen LogP contribution in [0.3, 0.4) is 0 Å². The van der Waals surface area contributed by atoms with E-state index in [9.17, 15) is 4.79 Å². The summed E-state index contributed by atoms with van der Waals surface area (Å²) >= 11 is 3.52. The van der Waals surface area contributed by atoms with Crippen molar-refractivity contribution in [3.8, 4) is 5.75 Å². The maximum absolute atomic E-state index is 12.1. The van der Waals surface area contributed by atoms with E-state index in [1.165, 1.54) is 0 Å². The van der Waals surface area contributed by atoms with Crippen LogP contribution in [0.25, 0.3) is 0 Å².